The van der Waals surface area contributed by atoms with Gasteiger partial charge in [0.25, 0.3) is 5.91 Å². The molecule has 1 heterocycles. The Labute approximate surface area is 101 Å². The fourth-order valence-corrected chi connectivity index (χ4v) is 1.72. The predicted molar refractivity (Wildman–Crippen MR) is 61.6 cm³/mol. The summed E-state index contributed by atoms with van der Waals surface area (Å²) >= 11 is 4.35. The first-order valence-corrected chi connectivity index (χ1v) is 6.36. The Hall–Kier alpha value is -0.530. The number of hydrogen-bond donors (Lipinski definition) is 1. The van der Waals surface area contributed by atoms with Crippen LogP contribution in [0.25, 0.3) is 0 Å². The van der Waals surface area contributed by atoms with Crippen LogP contribution in [0.2, 0.25) is 0 Å². The third-order valence-electron chi connectivity index (χ3n) is 1.61. The van der Waals surface area contributed by atoms with Crippen LogP contribution < -0.4 is 5.32 Å². The maximum atomic E-state index is 11.5. The molecule has 0 bridgehead atoms. The summed E-state index contributed by atoms with van der Waals surface area (Å²) in [5, 5.41) is 7.31. The van der Waals surface area contributed by atoms with Gasteiger partial charge >= 0.3 is 0 Å². The lowest BCUT2D eigenvalue weighted by atomic mass is 10.4. The Morgan fingerprint density at radius 3 is 3.00 bits per heavy atom. The van der Waals surface area contributed by atoms with Crippen LogP contribution in [0.15, 0.2) is 0 Å². The number of carbonyl (C=O) groups excluding carboxylic acids is 1. The molecule has 0 unspecified atom stereocenters. The van der Waals surface area contributed by atoms with Crippen molar-refractivity contribution in [3.05, 3.63) is 10.6 Å². The molecule has 0 saturated carbocycles. The molecule has 0 atom stereocenters. The summed E-state index contributed by atoms with van der Waals surface area (Å²) in [5.74, 6) is -0.134. The van der Waals surface area contributed by atoms with Crippen molar-refractivity contribution in [2.75, 3.05) is 25.1 Å². The molecule has 1 N–H and O–H groups in total. The molecule has 1 aromatic rings. The van der Waals surface area contributed by atoms with Gasteiger partial charge in [-0.25, -0.2) is 0 Å². The number of rotatable bonds is 6. The van der Waals surface area contributed by atoms with Crippen molar-refractivity contribution in [3.8, 4) is 0 Å². The Bertz CT molecular complexity index is 319. The van der Waals surface area contributed by atoms with Crippen LogP contribution in [0.4, 0.5) is 0 Å². The summed E-state index contributed by atoms with van der Waals surface area (Å²) in [4.78, 5) is 12.1. The number of nitrogens with zero attached hydrogens (tertiary/aromatic N) is 2. The average Bonchev–Trinajstić information content (AvgIpc) is 2.64. The van der Waals surface area contributed by atoms with Crippen LogP contribution in [0.5, 0.6) is 0 Å². The highest BCUT2D eigenvalue weighted by Crippen LogP contribution is 2.07. The predicted octanol–water partition coefficient (Wildman–Crippen LogP) is 0.988. The molecular weight excluding hydrogens is 282 g/mol. The zero-order chi connectivity index (χ0) is 11.1. The summed E-state index contributed by atoms with van der Waals surface area (Å²) in [5.41, 5.74) is 0.666. The van der Waals surface area contributed by atoms with E-state index in [2.05, 4.69) is 30.8 Å². The smallest absolute Gasteiger partial charge is 0.265 e. The number of alkyl halides is 1. The number of hydrogen-bond acceptors (Lipinski definition) is 5. The van der Waals surface area contributed by atoms with E-state index in [1.54, 1.807) is 6.92 Å². The van der Waals surface area contributed by atoms with Crippen LogP contribution in [-0.4, -0.2) is 40.6 Å². The van der Waals surface area contributed by atoms with Crippen molar-refractivity contribution in [2.24, 2.45) is 0 Å². The molecule has 7 heteroatoms. The largest absolute Gasteiger partial charge is 0.379 e. The molecule has 0 aromatic carbocycles. The van der Waals surface area contributed by atoms with Crippen molar-refractivity contribution in [1.29, 1.82) is 0 Å². The molecule has 5 nitrogen and oxygen atoms in total. The lowest BCUT2D eigenvalue weighted by molar-refractivity contribution is 0.0927. The molecule has 0 aliphatic heterocycles. The third-order valence-corrected chi connectivity index (χ3v) is 2.76. The van der Waals surface area contributed by atoms with E-state index in [1.807, 2.05) is 0 Å². The Kier molecular flexibility index (Phi) is 5.74. The quantitative estimate of drug-likeness (QED) is 0.627. The maximum absolute atomic E-state index is 11.5. The van der Waals surface area contributed by atoms with Crippen LogP contribution in [0.1, 0.15) is 15.4 Å². The molecule has 0 spiro atoms. The second kappa shape index (κ2) is 6.86. The Morgan fingerprint density at radius 2 is 2.40 bits per heavy atom. The van der Waals surface area contributed by atoms with Crippen LogP contribution in [0, 0.1) is 6.92 Å². The van der Waals surface area contributed by atoms with E-state index >= 15 is 0 Å². The van der Waals surface area contributed by atoms with E-state index in [4.69, 9.17) is 4.74 Å². The normalized spacial score (nSPS) is 10.3. The highest BCUT2D eigenvalue weighted by atomic mass is 79.9. The van der Waals surface area contributed by atoms with Crippen LogP contribution in [-0.2, 0) is 4.74 Å². The van der Waals surface area contributed by atoms with Gasteiger partial charge in [0.1, 0.15) is 4.88 Å². The summed E-state index contributed by atoms with van der Waals surface area (Å²) in [6, 6.07) is 0. The van der Waals surface area contributed by atoms with E-state index in [0.29, 0.717) is 30.3 Å². The second-order valence-electron chi connectivity index (χ2n) is 2.74. The second-order valence-corrected chi connectivity index (χ2v) is 4.29. The molecule has 0 aliphatic rings. The van der Waals surface area contributed by atoms with Gasteiger partial charge in [-0.05, 0) is 18.5 Å². The molecule has 15 heavy (non-hydrogen) atoms. The van der Waals surface area contributed by atoms with E-state index in [1.165, 1.54) is 0 Å². The van der Waals surface area contributed by atoms with Gasteiger partial charge in [0, 0.05) is 11.9 Å². The number of nitrogens with one attached hydrogen (secondary N) is 1. The number of amides is 1. The number of carbonyl (C=O) groups is 1. The molecule has 0 saturated heterocycles. The fourth-order valence-electron chi connectivity index (χ4n) is 0.913. The summed E-state index contributed by atoms with van der Waals surface area (Å²) < 4.78 is 8.89. The van der Waals surface area contributed by atoms with Gasteiger partial charge in [-0.2, -0.15) is 0 Å². The first-order chi connectivity index (χ1) is 7.25. The van der Waals surface area contributed by atoms with Crippen LogP contribution in [0.3, 0.4) is 0 Å². The Balaban J connectivity index is 2.22. The maximum Gasteiger partial charge on any atom is 0.265 e. The SMILES string of the molecule is Cc1nnsc1C(=O)NCCOCCBr. The van der Waals surface area contributed by atoms with Gasteiger partial charge in [0.05, 0.1) is 18.9 Å². The van der Waals surface area contributed by atoms with E-state index in [0.717, 1.165) is 16.9 Å². The molecule has 1 rings (SSSR count). The summed E-state index contributed by atoms with van der Waals surface area (Å²) in [6.07, 6.45) is 0. The molecule has 1 amide bonds. The molecule has 84 valence electrons. The van der Waals surface area contributed by atoms with Gasteiger partial charge < -0.3 is 10.1 Å². The molecular formula is C8H12BrN3O2S. The van der Waals surface area contributed by atoms with Crippen molar-refractivity contribution in [1.82, 2.24) is 14.9 Å². The fraction of sp³-hybridized carbons (Fsp3) is 0.625. The zero-order valence-corrected chi connectivity index (χ0v) is 10.7. The van der Waals surface area contributed by atoms with Crippen molar-refractivity contribution in [3.63, 3.8) is 0 Å². The van der Waals surface area contributed by atoms with Gasteiger partial charge in [-0.15, -0.1) is 5.10 Å². The Morgan fingerprint density at radius 1 is 1.60 bits per heavy atom. The van der Waals surface area contributed by atoms with Crippen LogP contribution >= 0.6 is 27.5 Å². The number of ether oxygens (including phenoxy) is 1. The van der Waals surface area contributed by atoms with Gasteiger partial charge in [-0.1, -0.05) is 20.4 Å². The highest BCUT2D eigenvalue weighted by Gasteiger charge is 2.11. The molecule has 0 fully saturated rings. The number of halogens is 1. The minimum atomic E-state index is -0.134. The summed E-state index contributed by atoms with van der Waals surface area (Å²) in [7, 11) is 0. The molecule has 0 aliphatic carbocycles. The first kappa shape index (κ1) is 12.5. The zero-order valence-electron chi connectivity index (χ0n) is 8.33. The average molecular weight is 294 g/mol. The van der Waals surface area contributed by atoms with Gasteiger partial charge in [0.15, 0.2) is 0 Å². The monoisotopic (exact) mass is 293 g/mol. The van der Waals surface area contributed by atoms with E-state index in [9.17, 15) is 4.79 Å². The van der Waals surface area contributed by atoms with E-state index in [-0.39, 0.29) is 5.91 Å². The minimum absolute atomic E-state index is 0.134. The number of aryl methyl sites for hydroxylation is 1. The van der Waals surface area contributed by atoms with Crippen molar-refractivity contribution in [2.45, 2.75) is 6.92 Å². The third kappa shape index (κ3) is 4.23. The van der Waals surface area contributed by atoms with Crippen molar-refractivity contribution >= 4 is 33.4 Å². The standard InChI is InChI=1S/C8H12BrN3O2S/c1-6-7(15-12-11-6)8(13)10-3-5-14-4-2-9/h2-5H2,1H3,(H,10,13). The van der Waals surface area contributed by atoms with Crippen molar-refractivity contribution < 1.29 is 9.53 Å². The lowest BCUT2D eigenvalue weighted by Gasteiger charge is -2.03. The minimum Gasteiger partial charge on any atom is -0.379 e. The molecule has 0 radical (unpaired) electrons. The molecule has 1 aromatic heterocycles. The number of aromatic nitrogens is 2. The van der Waals surface area contributed by atoms with E-state index < -0.39 is 0 Å². The lowest BCUT2D eigenvalue weighted by Crippen LogP contribution is -2.27. The topological polar surface area (TPSA) is 64.1 Å². The highest BCUT2D eigenvalue weighted by molar-refractivity contribution is 9.09. The van der Waals surface area contributed by atoms with Gasteiger partial charge in [-0.3, -0.25) is 4.79 Å². The van der Waals surface area contributed by atoms with Gasteiger partial charge in [0.2, 0.25) is 0 Å². The first-order valence-electron chi connectivity index (χ1n) is 4.46. The summed E-state index contributed by atoms with van der Waals surface area (Å²) in [6.45, 7) is 3.43.